The molecule has 0 saturated carbocycles. The topological polar surface area (TPSA) is 132 Å². The van der Waals surface area contributed by atoms with Crippen molar-refractivity contribution in [3.63, 3.8) is 0 Å². The van der Waals surface area contributed by atoms with Gasteiger partial charge in [-0.1, -0.05) is 218 Å². The van der Waals surface area contributed by atoms with Gasteiger partial charge in [0.2, 0.25) is 0 Å². The smallest absolute Gasteiger partial charge is 0.457 e. The molecule has 60 heavy (non-hydrogen) atoms. The maximum atomic E-state index is 12.7. The molecule has 10 heteroatoms. The van der Waals surface area contributed by atoms with E-state index < -0.39 is 33.2 Å². The van der Waals surface area contributed by atoms with Gasteiger partial charge in [0.05, 0.1) is 26.4 Å². The van der Waals surface area contributed by atoms with E-state index in [9.17, 15) is 19.4 Å². The number of rotatable bonds is 49. The van der Waals surface area contributed by atoms with Crippen molar-refractivity contribution in [2.75, 3.05) is 33.0 Å². The van der Waals surface area contributed by atoms with Crippen molar-refractivity contribution in [1.29, 1.82) is 0 Å². The minimum Gasteiger partial charge on any atom is -0.457 e. The Balaban J connectivity index is 4.04. The Kier molecular flexibility index (Phi) is 46.6. The average Bonchev–Trinajstić information content (AvgIpc) is 3.24. The van der Waals surface area contributed by atoms with Crippen LogP contribution in [0.4, 0.5) is 0 Å². The van der Waals surface area contributed by atoms with Crippen LogP contribution in [0.5, 0.6) is 0 Å². The van der Waals surface area contributed by atoms with Crippen LogP contribution in [0.1, 0.15) is 245 Å². The highest BCUT2D eigenvalue weighted by molar-refractivity contribution is 7.47. The quantitative estimate of drug-likeness (QED) is 0.0237. The van der Waals surface area contributed by atoms with Gasteiger partial charge in [0.15, 0.2) is 0 Å². The van der Waals surface area contributed by atoms with Gasteiger partial charge >= 0.3 is 13.8 Å². The van der Waals surface area contributed by atoms with Gasteiger partial charge in [-0.2, -0.15) is 0 Å². The molecule has 0 fully saturated rings. The molecule has 0 aromatic heterocycles. The van der Waals surface area contributed by atoms with E-state index in [2.05, 4.69) is 38.2 Å². The summed E-state index contributed by atoms with van der Waals surface area (Å²) in [5.74, 6) is -0.380. The van der Waals surface area contributed by atoms with Crippen LogP contribution < -0.4 is 0 Å². The maximum absolute atomic E-state index is 12.7. The Hall–Kier alpha value is -1.06. The second kappa shape index (κ2) is 47.4. The minimum atomic E-state index is -4.52. The average molecular weight is 873 g/mol. The molecule has 0 radical (unpaired) electrons. The number of carbonyl (C=O) groups excluding carboxylic acids is 1. The first-order valence-electron chi connectivity index (χ1n) is 25.3. The second-order valence-electron chi connectivity index (χ2n) is 17.2. The van der Waals surface area contributed by atoms with Gasteiger partial charge in [-0.05, 0) is 44.9 Å². The van der Waals surface area contributed by atoms with E-state index in [-0.39, 0.29) is 25.6 Å². The van der Waals surface area contributed by atoms with Crippen molar-refractivity contribution in [3.05, 3.63) is 24.3 Å². The number of esters is 1. The molecule has 0 rings (SSSR count). The molecule has 0 aliphatic rings. The molecule has 9 nitrogen and oxygen atoms in total. The first kappa shape index (κ1) is 58.9. The minimum absolute atomic E-state index is 0.0536. The van der Waals surface area contributed by atoms with Crippen molar-refractivity contribution < 1.29 is 43.0 Å². The lowest BCUT2D eigenvalue weighted by Crippen LogP contribution is -2.29. The van der Waals surface area contributed by atoms with E-state index in [0.717, 1.165) is 38.5 Å². The Bertz CT molecular complexity index is 991. The largest absolute Gasteiger partial charge is 0.472 e. The number of hydrogen-bond acceptors (Lipinski definition) is 8. The fourth-order valence-electron chi connectivity index (χ4n) is 7.27. The lowest BCUT2D eigenvalue weighted by Gasteiger charge is -2.20. The Labute approximate surface area is 370 Å². The van der Waals surface area contributed by atoms with Crippen LogP contribution in [-0.2, 0) is 27.9 Å². The van der Waals surface area contributed by atoms with Crippen molar-refractivity contribution in [1.82, 2.24) is 0 Å². The number of aliphatic hydroxyl groups excluding tert-OH is 2. The summed E-state index contributed by atoms with van der Waals surface area (Å²) in [5, 5.41) is 18.4. The van der Waals surface area contributed by atoms with Crippen molar-refractivity contribution in [3.8, 4) is 0 Å². The number of phosphoric acid groups is 1. The molecule has 0 heterocycles. The molecule has 0 aromatic rings. The molecular formula is C50H97O9P. The third-order valence-corrected chi connectivity index (χ3v) is 12.1. The van der Waals surface area contributed by atoms with E-state index in [1.807, 2.05) is 0 Å². The molecule has 0 aromatic carbocycles. The van der Waals surface area contributed by atoms with Gasteiger partial charge in [-0.3, -0.25) is 13.8 Å². The van der Waals surface area contributed by atoms with Crippen LogP contribution in [-0.4, -0.2) is 66.3 Å². The summed E-state index contributed by atoms with van der Waals surface area (Å²) in [6, 6.07) is 0. The molecule has 3 N–H and O–H groups in total. The van der Waals surface area contributed by atoms with Gasteiger partial charge in [-0.25, -0.2) is 4.57 Å². The molecule has 0 aliphatic carbocycles. The summed E-state index contributed by atoms with van der Waals surface area (Å²) in [7, 11) is -4.52. The summed E-state index contributed by atoms with van der Waals surface area (Å²) in [6.07, 6.45) is 51.4. The van der Waals surface area contributed by atoms with Crippen LogP contribution in [0.3, 0.4) is 0 Å². The SMILES string of the molecule is CCCCCCC/C=C\C/C=C\CCCCCCCCCCCCCC(=O)OC(COCCCCCCCCCCCCCCCCCC)COP(=O)(O)OCC(O)CO. The molecule has 0 amide bonds. The predicted molar refractivity (Wildman–Crippen MR) is 251 cm³/mol. The molecule has 0 bridgehead atoms. The van der Waals surface area contributed by atoms with Crippen LogP contribution in [0.15, 0.2) is 24.3 Å². The standard InChI is InChI=1S/C50H97O9P/c1-3-5-7-9-11-13-15-17-19-21-22-23-24-25-26-27-28-30-32-34-36-38-40-42-50(53)59-49(47-58-60(54,55)57-45-48(52)44-51)46-56-43-41-39-37-35-33-31-29-20-18-16-14-12-10-8-6-4-2/h15,17,21-22,48-49,51-52H,3-14,16,18-20,23-47H2,1-2H3,(H,54,55)/b17-15-,22-21-. The number of aliphatic hydroxyl groups is 2. The number of allylic oxidation sites excluding steroid dienone is 4. The summed E-state index contributed by atoms with van der Waals surface area (Å²) in [6.45, 7) is 3.56. The molecule has 0 aliphatic heterocycles. The van der Waals surface area contributed by atoms with E-state index in [1.54, 1.807) is 0 Å². The van der Waals surface area contributed by atoms with E-state index in [4.69, 9.17) is 23.6 Å². The number of ether oxygens (including phenoxy) is 2. The number of hydrogen-bond donors (Lipinski definition) is 3. The van der Waals surface area contributed by atoms with Crippen molar-refractivity contribution in [2.24, 2.45) is 0 Å². The first-order chi connectivity index (χ1) is 29.3. The summed E-state index contributed by atoms with van der Waals surface area (Å²) in [5.41, 5.74) is 0. The summed E-state index contributed by atoms with van der Waals surface area (Å²) >= 11 is 0. The van der Waals surface area contributed by atoms with E-state index in [1.165, 1.54) is 186 Å². The summed E-state index contributed by atoms with van der Waals surface area (Å²) < 4.78 is 33.5. The molecule has 0 spiro atoms. The van der Waals surface area contributed by atoms with Gasteiger partial charge in [0.1, 0.15) is 12.2 Å². The van der Waals surface area contributed by atoms with E-state index in [0.29, 0.717) is 6.61 Å². The number of carbonyl (C=O) groups is 1. The van der Waals surface area contributed by atoms with Gasteiger partial charge < -0.3 is 24.6 Å². The predicted octanol–water partition coefficient (Wildman–Crippen LogP) is 14.6. The van der Waals surface area contributed by atoms with Crippen molar-refractivity contribution in [2.45, 2.75) is 257 Å². The normalized spacial score (nSPS) is 14.0. The van der Waals surface area contributed by atoms with Gasteiger partial charge in [0.25, 0.3) is 0 Å². The van der Waals surface area contributed by atoms with Gasteiger partial charge in [0, 0.05) is 13.0 Å². The lowest BCUT2D eigenvalue weighted by atomic mass is 10.0. The van der Waals surface area contributed by atoms with Gasteiger partial charge in [-0.15, -0.1) is 0 Å². The van der Waals surface area contributed by atoms with Crippen LogP contribution in [0, 0.1) is 0 Å². The third-order valence-electron chi connectivity index (χ3n) is 11.1. The Morgan fingerprint density at radius 3 is 1.33 bits per heavy atom. The van der Waals surface area contributed by atoms with Crippen LogP contribution in [0.25, 0.3) is 0 Å². The molecule has 3 unspecified atom stereocenters. The monoisotopic (exact) mass is 873 g/mol. The number of phosphoric ester groups is 1. The Morgan fingerprint density at radius 2 is 0.900 bits per heavy atom. The fraction of sp³-hybridized carbons (Fsp3) is 0.900. The lowest BCUT2D eigenvalue weighted by molar-refractivity contribution is -0.154. The highest BCUT2D eigenvalue weighted by atomic mass is 31.2. The zero-order valence-corrected chi connectivity index (χ0v) is 40.1. The van der Waals surface area contributed by atoms with E-state index >= 15 is 0 Å². The molecule has 0 saturated heterocycles. The number of unbranched alkanes of at least 4 members (excludes halogenated alkanes) is 31. The highest BCUT2D eigenvalue weighted by Crippen LogP contribution is 2.43. The zero-order chi connectivity index (χ0) is 43.9. The highest BCUT2D eigenvalue weighted by Gasteiger charge is 2.26. The molecular weight excluding hydrogens is 776 g/mol. The summed E-state index contributed by atoms with van der Waals surface area (Å²) in [4.78, 5) is 22.7. The maximum Gasteiger partial charge on any atom is 0.472 e. The fourth-order valence-corrected chi connectivity index (χ4v) is 8.06. The van der Waals surface area contributed by atoms with Crippen LogP contribution in [0.2, 0.25) is 0 Å². The van der Waals surface area contributed by atoms with Crippen LogP contribution >= 0.6 is 7.82 Å². The Morgan fingerprint density at radius 1 is 0.517 bits per heavy atom. The third kappa shape index (κ3) is 46.4. The second-order valence-corrected chi connectivity index (χ2v) is 18.6. The molecule has 356 valence electrons. The first-order valence-corrected chi connectivity index (χ1v) is 26.8. The van der Waals surface area contributed by atoms with Crippen molar-refractivity contribution >= 4 is 13.8 Å². The zero-order valence-electron chi connectivity index (χ0n) is 39.2. The molecule has 3 atom stereocenters.